The van der Waals surface area contributed by atoms with E-state index in [9.17, 15) is 0 Å². The average Bonchev–Trinajstić information content (AvgIpc) is 2.99. The Morgan fingerprint density at radius 2 is 1.05 bits per heavy atom. The van der Waals surface area contributed by atoms with Gasteiger partial charge in [-0.15, -0.1) is 0 Å². The summed E-state index contributed by atoms with van der Waals surface area (Å²) in [7, 11) is 0. The van der Waals surface area contributed by atoms with Gasteiger partial charge in [-0.05, 0) is 72.0 Å². The van der Waals surface area contributed by atoms with Crippen molar-refractivity contribution >= 4 is 22.1 Å². The van der Waals surface area contributed by atoms with Crippen molar-refractivity contribution in [2.45, 2.75) is 26.3 Å². The predicted molar refractivity (Wildman–Crippen MR) is 169 cm³/mol. The number of anilines is 2. The molecule has 3 heteroatoms. The first-order chi connectivity index (χ1) is 19.8. The molecule has 0 fully saturated rings. The maximum Gasteiger partial charge on any atom is 0.155 e. The SMILES string of the molecule is CC(C)(C)N(c1ccccc1F)c1c(-c2ccccc2)ccc(-c2ccc(-c3ccc4ccccc4c3)cc2)c1F. The number of halogens is 2. The van der Waals surface area contributed by atoms with Crippen LogP contribution in [0, 0.1) is 11.6 Å². The number of hydrogen-bond acceptors (Lipinski definition) is 1. The number of benzene rings is 6. The van der Waals surface area contributed by atoms with Crippen molar-refractivity contribution in [3.63, 3.8) is 0 Å². The maximum atomic E-state index is 16.9. The molecule has 0 unspecified atom stereocenters. The topological polar surface area (TPSA) is 3.24 Å². The Hall–Kier alpha value is -4.76. The van der Waals surface area contributed by atoms with Crippen LogP contribution < -0.4 is 4.90 Å². The minimum atomic E-state index is -0.620. The molecule has 0 aliphatic rings. The zero-order chi connectivity index (χ0) is 28.6. The summed E-state index contributed by atoms with van der Waals surface area (Å²) in [6.45, 7) is 5.91. The molecule has 0 heterocycles. The Morgan fingerprint density at radius 3 is 1.76 bits per heavy atom. The van der Waals surface area contributed by atoms with Crippen LogP contribution >= 0.6 is 0 Å². The third kappa shape index (κ3) is 5.12. The Morgan fingerprint density at radius 1 is 0.488 bits per heavy atom. The van der Waals surface area contributed by atoms with Crippen molar-refractivity contribution in [1.82, 2.24) is 0 Å². The Balaban J connectivity index is 1.50. The van der Waals surface area contributed by atoms with E-state index >= 15 is 8.78 Å². The van der Waals surface area contributed by atoms with Gasteiger partial charge >= 0.3 is 0 Å². The molecular formula is C38H31F2N. The first-order valence-corrected chi connectivity index (χ1v) is 13.8. The van der Waals surface area contributed by atoms with Crippen LogP contribution in [0.1, 0.15) is 20.8 Å². The van der Waals surface area contributed by atoms with Gasteiger partial charge in [0.25, 0.3) is 0 Å². The number of fused-ring (bicyclic) bond motifs is 1. The van der Waals surface area contributed by atoms with E-state index in [1.54, 1.807) is 23.1 Å². The molecule has 6 aromatic carbocycles. The molecule has 0 atom stereocenters. The smallest absolute Gasteiger partial charge is 0.155 e. The summed E-state index contributed by atoms with van der Waals surface area (Å²) in [5.74, 6) is -0.783. The number of para-hydroxylation sites is 1. The summed E-state index contributed by atoms with van der Waals surface area (Å²) in [5.41, 5.74) is 5.03. The summed E-state index contributed by atoms with van der Waals surface area (Å²) >= 11 is 0. The molecule has 6 aromatic rings. The van der Waals surface area contributed by atoms with E-state index in [1.807, 2.05) is 99.6 Å². The molecule has 0 bridgehead atoms. The van der Waals surface area contributed by atoms with Crippen LogP contribution in [0.5, 0.6) is 0 Å². The molecule has 0 saturated carbocycles. The molecule has 0 aliphatic carbocycles. The van der Waals surface area contributed by atoms with Crippen molar-refractivity contribution in [3.8, 4) is 33.4 Å². The molecule has 0 saturated heterocycles. The normalized spacial score (nSPS) is 11.5. The minimum absolute atomic E-state index is 0.333. The molecular weight excluding hydrogens is 508 g/mol. The van der Waals surface area contributed by atoms with E-state index in [1.165, 1.54) is 16.8 Å². The predicted octanol–water partition coefficient (Wildman–Crippen LogP) is 11.1. The molecule has 0 spiro atoms. The van der Waals surface area contributed by atoms with Crippen LogP contribution in [0.2, 0.25) is 0 Å². The number of hydrogen-bond donors (Lipinski definition) is 0. The number of nitrogens with zero attached hydrogens (tertiary/aromatic N) is 1. The summed E-state index contributed by atoms with van der Waals surface area (Å²) in [6, 6.07) is 42.7. The number of rotatable bonds is 5. The van der Waals surface area contributed by atoms with Crippen LogP contribution in [0.4, 0.5) is 20.2 Å². The van der Waals surface area contributed by atoms with Gasteiger partial charge in [-0.1, -0.05) is 115 Å². The van der Waals surface area contributed by atoms with E-state index in [-0.39, 0.29) is 5.82 Å². The summed E-state index contributed by atoms with van der Waals surface area (Å²) < 4.78 is 32.2. The fourth-order valence-corrected chi connectivity index (χ4v) is 5.52. The molecule has 1 nitrogen and oxygen atoms in total. The Labute approximate surface area is 240 Å². The van der Waals surface area contributed by atoms with Crippen molar-refractivity contribution < 1.29 is 8.78 Å². The van der Waals surface area contributed by atoms with Gasteiger partial charge in [-0.25, -0.2) is 8.78 Å². The van der Waals surface area contributed by atoms with Gasteiger partial charge in [-0.3, -0.25) is 0 Å². The fraction of sp³-hybridized carbons (Fsp3) is 0.105. The first kappa shape index (κ1) is 26.5. The molecule has 6 rings (SSSR count). The maximum absolute atomic E-state index is 16.9. The lowest BCUT2D eigenvalue weighted by atomic mass is 9.92. The van der Waals surface area contributed by atoms with E-state index in [0.29, 0.717) is 22.5 Å². The van der Waals surface area contributed by atoms with Crippen molar-refractivity contribution in [1.29, 1.82) is 0 Å². The quantitative estimate of drug-likeness (QED) is 0.211. The van der Waals surface area contributed by atoms with Crippen molar-refractivity contribution in [2.24, 2.45) is 0 Å². The van der Waals surface area contributed by atoms with Gasteiger partial charge in [0.15, 0.2) is 5.82 Å². The van der Waals surface area contributed by atoms with Gasteiger partial charge in [0.2, 0.25) is 0 Å². The van der Waals surface area contributed by atoms with E-state index in [0.717, 1.165) is 22.3 Å². The molecule has 0 radical (unpaired) electrons. The molecule has 0 aliphatic heterocycles. The average molecular weight is 540 g/mol. The molecule has 0 amide bonds. The zero-order valence-electron chi connectivity index (χ0n) is 23.4. The highest BCUT2D eigenvalue weighted by Crippen LogP contribution is 2.45. The second-order valence-electron chi connectivity index (χ2n) is 11.3. The molecule has 41 heavy (non-hydrogen) atoms. The minimum Gasteiger partial charge on any atom is -0.331 e. The fourth-order valence-electron chi connectivity index (χ4n) is 5.52. The van der Waals surface area contributed by atoms with Crippen LogP contribution in [0.3, 0.4) is 0 Å². The van der Waals surface area contributed by atoms with Crippen LogP contribution in [0.25, 0.3) is 44.2 Å². The molecule has 0 N–H and O–H groups in total. The second kappa shape index (κ2) is 10.7. The summed E-state index contributed by atoms with van der Waals surface area (Å²) in [4.78, 5) is 1.78. The van der Waals surface area contributed by atoms with Crippen molar-refractivity contribution in [2.75, 3.05) is 4.90 Å². The van der Waals surface area contributed by atoms with Gasteiger partial charge in [-0.2, -0.15) is 0 Å². The highest BCUT2D eigenvalue weighted by molar-refractivity contribution is 5.89. The third-order valence-corrected chi connectivity index (χ3v) is 7.47. The highest BCUT2D eigenvalue weighted by atomic mass is 19.1. The first-order valence-electron chi connectivity index (χ1n) is 13.8. The zero-order valence-corrected chi connectivity index (χ0v) is 23.4. The monoisotopic (exact) mass is 539 g/mol. The Bertz CT molecular complexity index is 1830. The van der Waals surface area contributed by atoms with Gasteiger partial charge < -0.3 is 4.90 Å². The Kier molecular flexibility index (Phi) is 6.88. The van der Waals surface area contributed by atoms with E-state index < -0.39 is 11.4 Å². The lowest BCUT2D eigenvalue weighted by molar-refractivity contribution is 0.528. The molecule has 0 aromatic heterocycles. The van der Waals surface area contributed by atoms with Crippen LogP contribution in [0.15, 0.2) is 133 Å². The third-order valence-electron chi connectivity index (χ3n) is 7.47. The largest absolute Gasteiger partial charge is 0.331 e. The van der Waals surface area contributed by atoms with Gasteiger partial charge in [0.1, 0.15) is 5.82 Å². The van der Waals surface area contributed by atoms with E-state index in [4.69, 9.17) is 0 Å². The standard InChI is InChI=1S/C38H31F2N/c1-38(2,3)41(35-16-10-9-15-34(35)39)37-33(28-12-5-4-6-13-28)24-23-32(36(37)40)29-20-17-27(18-21-29)31-22-19-26-11-7-8-14-30(26)25-31/h4-25H,1-3H3. The summed E-state index contributed by atoms with van der Waals surface area (Å²) in [6.07, 6.45) is 0. The van der Waals surface area contributed by atoms with E-state index in [2.05, 4.69) is 30.3 Å². The van der Waals surface area contributed by atoms with Gasteiger partial charge in [0, 0.05) is 16.7 Å². The summed E-state index contributed by atoms with van der Waals surface area (Å²) in [5, 5.41) is 2.37. The highest BCUT2D eigenvalue weighted by Gasteiger charge is 2.31. The van der Waals surface area contributed by atoms with Crippen molar-refractivity contribution in [3.05, 3.63) is 145 Å². The lowest BCUT2D eigenvalue weighted by Crippen LogP contribution is -2.39. The second-order valence-corrected chi connectivity index (χ2v) is 11.3. The van der Waals surface area contributed by atoms with Gasteiger partial charge in [0.05, 0.1) is 11.4 Å². The lowest BCUT2D eigenvalue weighted by Gasteiger charge is -2.39. The van der Waals surface area contributed by atoms with Crippen LogP contribution in [-0.4, -0.2) is 5.54 Å². The van der Waals surface area contributed by atoms with Crippen LogP contribution in [-0.2, 0) is 0 Å². The molecule has 202 valence electrons.